The number of nitrogens with zero attached hydrogens (tertiary/aromatic N) is 2. The number of carbonyl (C=O) groups is 2. The Balaban J connectivity index is 1.55. The zero-order chi connectivity index (χ0) is 20.1. The Kier molecular flexibility index (Phi) is 6.43. The predicted octanol–water partition coefficient (Wildman–Crippen LogP) is 4.91. The van der Waals surface area contributed by atoms with Crippen LogP contribution in [0.5, 0.6) is 0 Å². The zero-order valence-electron chi connectivity index (χ0n) is 15.7. The van der Waals surface area contributed by atoms with Gasteiger partial charge in [0.15, 0.2) is 10.1 Å². The van der Waals surface area contributed by atoms with Crippen LogP contribution >= 0.6 is 23.1 Å². The number of hydrogen-bond acceptors (Lipinski definition) is 7. The first-order valence-electron chi connectivity index (χ1n) is 8.66. The fraction of sp³-hybridized carbons (Fsp3) is 0.200. The standard InChI is InChI=1S/C20H20N4O2S2/c1-12-4-8-17(9-5-12)22-19-23-24-20(28-19)27-14(3)18(26)21-16-10-6-15(7-11-16)13(2)25/h4-11,14H,1-3H3,(H,21,26)(H,22,23)/t14-/m1/s1. The van der Waals surface area contributed by atoms with E-state index in [1.165, 1.54) is 35.6 Å². The van der Waals surface area contributed by atoms with Crippen molar-refractivity contribution >= 4 is 51.3 Å². The minimum atomic E-state index is -0.340. The third kappa shape index (κ3) is 5.40. The normalized spacial score (nSPS) is 11.7. The van der Waals surface area contributed by atoms with Crippen LogP contribution in [0.1, 0.15) is 29.8 Å². The molecule has 0 unspecified atom stereocenters. The number of nitrogens with one attached hydrogen (secondary N) is 2. The monoisotopic (exact) mass is 412 g/mol. The summed E-state index contributed by atoms with van der Waals surface area (Å²) < 4.78 is 0.712. The van der Waals surface area contributed by atoms with Crippen LogP contribution in [-0.4, -0.2) is 27.1 Å². The fourth-order valence-corrected chi connectivity index (χ4v) is 4.22. The van der Waals surface area contributed by atoms with E-state index in [9.17, 15) is 9.59 Å². The summed E-state index contributed by atoms with van der Waals surface area (Å²) in [6.07, 6.45) is 0. The highest BCUT2D eigenvalue weighted by atomic mass is 32.2. The highest BCUT2D eigenvalue weighted by molar-refractivity contribution is 8.02. The largest absolute Gasteiger partial charge is 0.330 e. The van der Waals surface area contributed by atoms with Crippen molar-refractivity contribution in [2.45, 2.75) is 30.4 Å². The maximum atomic E-state index is 12.4. The third-order valence-corrected chi connectivity index (χ3v) is 5.94. The summed E-state index contributed by atoms with van der Waals surface area (Å²) in [7, 11) is 0. The average Bonchev–Trinajstić information content (AvgIpc) is 3.10. The van der Waals surface area contributed by atoms with Gasteiger partial charge in [0.05, 0.1) is 5.25 Å². The topological polar surface area (TPSA) is 84.0 Å². The van der Waals surface area contributed by atoms with Crippen LogP contribution in [-0.2, 0) is 4.79 Å². The number of Topliss-reactive ketones (excluding diaryl/α,β-unsaturated/α-hetero) is 1. The van der Waals surface area contributed by atoms with Gasteiger partial charge >= 0.3 is 0 Å². The lowest BCUT2D eigenvalue weighted by atomic mass is 10.1. The molecule has 0 bridgehead atoms. The lowest BCUT2D eigenvalue weighted by molar-refractivity contribution is -0.115. The molecule has 2 aromatic carbocycles. The molecule has 0 saturated heterocycles. The highest BCUT2D eigenvalue weighted by Gasteiger charge is 2.17. The summed E-state index contributed by atoms with van der Waals surface area (Å²) in [5.74, 6) is -0.142. The van der Waals surface area contributed by atoms with Crippen LogP contribution < -0.4 is 10.6 Å². The predicted molar refractivity (Wildman–Crippen MR) is 115 cm³/mol. The van der Waals surface area contributed by atoms with Crippen molar-refractivity contribution in [1.82, 2.24) is 10.2 Å². The first-order chi connectivity index (χ1) is 13.4. The van der Waals surface area contributed by atoms with Gasteiger partial charge in [0.25, 0.3) is 0 Å². The molecule has 1 atom stereocenters. The smallest absolute Gasteiger partial charge is 0.237 e. The summed E-state index contributed by atoms with van der Waals surface area (Å²) in [4.78, 5) is 23.7. The molecule has 0 radical (unpaired) electrons. The number of aryl methyl sites for hydroxylation is 1. The van der Waals surface area contributed by atoms with E-state index in [-0.39, 0.29) is 16.9 Å². The molecule has 2 N–H and O–H groups in total. The van der Waals surface area contributed by atoms with E-state index >= 15 is 0 Å². The molecular formula is C20H20N4O2S2. The van der Waals surface area contributed by atoms with Gasteiger partial charge in [-0.25, -0.2) is 0 Å². The molecule has 1 heterocycles. The van der Waals surface area contributed by atoms with Gasteiger partial charge in [-0.15, -0.1) is 10.2 Å². The van der Waals surface area contributed by atoms with Crippen LogP contribution in [0.2, 0.25) is 0 Å². The molecule has 3 aromatic rings. The van der Waals surface area contributed by atoms with Crippen molar-refractivity contribution in [3.63, 3.8) is 0 Å². The maximum absolute atomic E-state index is 12.4. The van der Waals surface area contributed by atoms with Crippen LogP contribution in [0.3, 0.4) is 0 Å². The summed E-state index contributed by atoms with van der Waals surface area (Å²) in [5, 5.41) is 14.7. The van der Waals surface area contributed by atoms with Gasteiger partial charge in [0.1, 0.15) is 0 Å². The second-order valence-corrected chi connectivity index (χ2v) is 8.81. The Morgan fingerprint density at radius 3 is 2.29 bits per heavy atom. The zero-order valence-corrected chi connectivity index (χ0v) is 17.4. The number of thioether (sulfide) groups is 1. The Morgan fingerprint density at radius 1 is 1.00 bits per heavy atom. The second kappa shape index (κ2) is 8.99. The van der Waals surface area contributed by atoms with E-state index in [0.717, 1.165) is 5.69 Å². The van der Waals surface area contributed by atoms with Crippen LogP contribution in [0.4, 0.5) is 16.5 Å². The molecule has 0 aliphatic rings. The van der Waals surface area contributed by atoms with Crippen molar-refractivity contribution in [2.24, 2.45) is 0 Å². The maximum Gasteiger partial charge on any atom is 0.237 e. The van der Waals surface area contributed by atoms with Crippen molar-refractivity contribution < 1.29 is 9.59 Å². The molecule has 1 aromatic heterocycles. The number of ketones is 1. The van der Waals surface area contributed by atoms with Crippen LogP contribution in [0.25, 0.3) is 0 Å². The summed E-state index contributed by atoms with van der Waals surface area (Å²) >= 11 is 2.75. The van der Waals surface area contributed by atoms with Crippen molar-refractivity contribution in [2.75, 3.05) is 10.6 Å². The number of anilines is 3. The molecule has 0 saturated carbocycles. The van der Waals surface area contributed by atoms with Crippen LogP contribution in [0, 0.1) is 6.92 Å². The van der Waals surface area contributed by atoms with E-state index in [1.807, 2.05) is 38.1 Å². The Hall–Kier alpha value is -2.71. The van der Waals surface area contributed by atoms with Gasteiger partial charge in [0, 0.05) is 16.9 Å². The summed E-state index contributed by atoms with van der Waals surface area (Å²) in [6.45, 7) is 5.36. The third-order valence-electron chi connectivity index (χ3n) is 3.92. The first kappa shape index (κ1) is 20.0. The van der Waals surface area contributed by atoms with Gasteiger partial charge in [-0.2, -0.15) is 0 Å². The summed E-state index contributed by atoms with van der Waals surface area (Å²) in [6, 6.07) is 14.9. The second-order valence-electron chi connectivity index (χ2n) is 6.25. The number of aromatic nitrogens is 2. The molecule has 0 aliphatic carbocycles. The van der Waals surface area contributed by atoms with Crippen molar-refractivity contribution in [3.05, 3.63) is 59.7 Å². The molecule has 0 aliphatic heterocycles. The fourth-order valence-electron chi connectivity index (χ4n) is 2.31. The molecule has 28 heavy (non-hydrogen) atoms. The first-order valence-corrected chi connectivity index (χ1v) is 10.4. The highest BCUT2D eigenvalue weighted by Crippen LogP contribution is 2.31. The SMILES string of the molecule is CC(=O)c1ccc(NC(=O)[C@@H](C)Sc2nnc(Nc3ccc(C)cc3)s2)cc1. The number of hydrogen-bond donors (Lipinski definition) is 2. The van der Waals surface area contributed by atoms with Crippen LogP contribution in [0.15, 0.2) is 52.9 Å². The molecular weight excluding hydrogens is 392 g/mol. The molecule has 8 heteroatoms. The van der Waals surface area contributed by atoms with Gasteiger partial charge in [-0.05, 0) is 57.2 Å². The van der Waals surface area contributed by atoms with E-state index in [0.29, 0.717) is 20.7 Å². The summed E-state index contributed by atoms with van der Waals surface area (Å²) in [5.41, 5.74) is 3.40. The van der Waals surface area contributed by atoms with Crippen molar-refractivity contribution in [3.8, 4) is 0 Å². The van der Waals surface area contributed by atoms with E-state index < -0.39 is 0 Å². The molecule has 144 valence electrons. The number of carbonyl (C=O) groups excluding carboxylic acids is 2. The van der Waals surface area contributed by atoms with Gasteiger partial charge in [-0.1, -0.05) is 40.8 Å². The number of amides is 1. The molecule has 1 amide bonds. The van der Waals surface area contributed by atoms with Gasteiger partial charge in [0.2, 0.25) is 11.0 Å². The van der Waals surface area contributed by atoms with E-state index in [4.69, 9.17) is 0 Å². The average molecular weight is 413 g/mol. The molecule has 6 nitrogen and oxygen atoms in total. The van der Waals surface area contributed by atoms with E-state index in [1.54, 1.807) is 24.3 Å². The Labute approximate surface area is 171 Å². The quantitative estimate of drug-likeness (QED) is 0.424. The van der Waals surface area contributed by atoms with Crippen molar-refractivity contribution in [1.29, 1.82) is 0 Å². The lowest BCUT2D eigenvalue weighted by Crippen LogP contribution is -2.22. The molecule has 3 rings (SSSR count). The lowest BCUT2D eigenvalue weighted by Gasteiger charge is -2.10. The minimum absolute atomic E-state index is 0.00637. The Bertz CT molecular complexity index is 969. The van der Waals surface area contributed by atoms with Gasteiger partial charge in [-0.3, -0.25) is 9.59 Å². The minimum Gasteiger partial charge on any atom is -0.330 e. The van der Waals surface area contributed by atoms with E-state index in [2.05, 4.69) is 20.8 Å². The molecule has 0 spiro atoms. The number of rotatable bonds is 7. The molecule has 0 fully saturated rings. The van der Waals surface area contributed by atoms with Gasteiger partial charge < -0.3 is 10.6 Å². The Morgan fingerprint density at radius 2 is 1.64 bits per heavy atom. The number of benzene rings is 2.